The van der Waals surface area contributed by atoms with Gasteiger partial charge in [0.05, 0.1) is 11.1 Å². The summed E-state index contributed by atoms with van der Waals surface area (Å²) in [7, 11) is 0. The number of aromatic hydroxyl groups is 1. The van der Waals surface area contributed by atoms with Crippen molar-refractivity contribution in [3.8, 4) is 5.75 Å². The molecule has 0 bridgehead atoms. The molecule has 0 aliphatic rings. The summed E-state index contributed by atoms with van der Waals surface area (Å²) in [5, 5.41) is 9.37. The minimum absolute atomic E-state index is 0.0222. The molecule has 0 unspecified atom stereocenters. The molecular weight excluding hydrogens is 166 g/mol. The first kappa shape index (κ1) is 9.74. The highest BCUT2D eigenvalue weighted by Gasteiger charge is 2.25. The number of ketones is 1. The van der Waals surface area contributed by atoms with Gasteiger partial charge in [0, 0.05) is 0 Å². The molecule has 0 radical (unpaired) electrons. The molecule has 0 aromatic heterocycles. The number of hydrogen-bond donors (Lipinski definition) is 2. The summed E-state index contributed by atoms with van der Waals surface area (Å²) in [4.78, 5) is 11.6. The largest absolute Gasteiger partial charge is 0.507 e. The quantitative estimate of drug-likeness (QED) is 0.673. The highest BCUT2D eigenvalue weighted by molar-refractivity contribution is 6.04. The second-order valence-electron chi connectivity index (χ2n) is 3.57. The van der Waals surface area contributed by atoms with Crippen LogP contribution in [0.5, 0.6) is 5.75 Å². The van der Waals surface area contributed by atoms with Crippen LogP contribution >= 0.6 is 0 Å². The predicted molar refractivity (Wildman–Crippen MR) is 50.7 cm³/mol. The molecule has 0 atom stereocenters. The number of hydrogen-bond acceptors (Lipinski definition) is 3. The number of rotatable bonds is 2. The van der Waals surface area contributed by atoms with Crippen molar-refractivity contribution in [1.29, 1.82) is 0 Å². The Hall–Kier alpha value is -1.35. The molecular formula is C10H13NO2. The van der Waals surface area contributed by atoms with E-state index in [9.17, 15) is 9.90 Å². The highest BCUT2D eigenvalue weighted by atomic mass is 16.3. The summed E-state index contributed by atoms with van der Waals surface area (Å²) in [6.07, 6.45) is 0. The van der Waals surface area contributed by atoms with Crippen molar-refractivity contribution in [3.05, 3.63) is 29.8 Å². The van der Waals surface area contributed by atoms with Gasteiger partial charge in [0.25, 0.3) is 0 Å². The standard InChI is InChI=1S/C10H13NO2/c1-10(2,11)9(13)7-5-3-4-6-8(7)12/h3-6,12H,11H2,1-2H3. The Morgan fingerprint density at radius 2 is 1.92 bits per heavy atom. The molecule has 0 spiro atoms. The van der Waals surface area contributed by atoms with E-state index in [1.807, 2.05) is 0 Å². The van der Waals surface area contributed by atoms with Crippen molar-refractivity contribution in [2.75, 3.05) is 0 Å². The fraction of sp³-hybridized carbons (Fsp3) is 0.300. The third-order valence-electron chi connectivity index (χ3n) is 1.73. The molecule has 3 N–H and O–H groups in total. The zero-order valence-electron chi connectivity index (χ0n) is 7.74. The lowest BCUT2D eigenvalue weighted by atomic mass is 9.94. The average molecular weight is 179 g/mol. The van der Waals surface area contributed by atoms with Crippen LogP contribution in [-0.2, 0) is 0 Å². The number of carbonyl (C=O) groups is 1. The first-order chi connectivity index (χ1) is 5.93. The normalized spacial score (nSPS) is 11.3. The number of para-hydroxylation sites is 1. The molecule has 0 amide bonds. The van der Waals surface area contributed by atoms with E-state index in [4.69, 9.17) is 5.73 Å². The van der Waals surface area contributed by atoms with Crippen LogP contribution in [0.15, 0.2) is 24.3 Å². The average Bonchev–Trinajstić information content (AvgIpc) is 2.02. The van der Waals surface area contributed by atoms with Crippen LogP contribution < -0.4 is 5.73 Å². The van der Waals surface area contributed by atoms with Crippen molar-refractivity contribution in [3.63, 3.8) is 0 Å². The third-order valence-corrected chi connectivity index (χ3v) is 1.73. The van der Waals surface area contributed by atoms with Gasteiger partial charge in [0.15, 0.2) is 5.78 Å². The number of Topliss-reactive ketones (excluding diaryl/α,β-unsaturated/α-hetero) is 1. The van der Waals surface area contributed by atoms with E-state index >= 15 is 0 Å². The van der Waals surface area contributed by atoms with Gasteiger partial charge in [-0.1, -0.05) is 12.1 Å². The number of benzene rings is 1. The Morgan fingerprint density at radius 3 is 2.38 bits per heavy atom. The zero-order valence-corrected chi connectivity index (χ0v) is 7.74. The summed E-state index contributed by atoms with van der Waals surface area (Å²) < 4.78 is 0. The number of phenols is 1. The molecule has 1 rings (SSSR count). The van der Waals surface area contributed by atoms with Crippen LogP contribution in [0.3, 0.4) is 0 Å². The lowest BCUT2D eigenvalue weighted by molar-refractivity contribution is 0.0911. The maximum atomic E-state index is 11.6. The van der Waals surface area contributed by atoms with Gasteiger partial charge in [0.2, 0.25) is 0 Å². The Labute approximate surface area is 77.2 Å². The van der Waals surface area contributed by atoms with Gasteiger partial charge in [0.1, 0.15) is 5.75 Å². The fourth-order valence-corrected chi connectivity index (χ4v) is 1.01. The SMILES string of the molecule is CC(C)(N)C(=O)c1ccccc1O. The van der Waals surface area contributed by atoms with Crippen molar-refractivity contribution in [2.45, 2.75) is 19.4 Å². The smallest absolute Gasteiger partial charge is 0.185 e. The van der Waals surface area contributed by atoms with Gasteiger partial charge < -0.3 is 10.8 Å². The van der Waals surface area contributed by atoms with Crippen LogP contribution in [0.2, 0.25) is 0 Å². The van der Waals surface area contributed by atoms with E-state index in [2.05, 4.69) is 0 Å². The van der Waals surface area contributed by atoms with E-state index in [0.29, 0.717) is 0 Å². The lowest BCUT2D eigenvalue weighted by Gasteiger charge is -2.17. The molecule has 70 valence electrons. The van der Waals surface area contributed by atoms with Crippen molar-refractivity contribution in [1.82, 2.24) is 0 Å². The van der Waals surface area contributed by atoms with E-state index in [1.165, 1.54) is 6.07 Å². The maximum absolute atomic E-state index is 11.6. The Morgan fingerprint density at radius 1 is 1.38 bits per heavy atom. The molecule has 3 nitrogen and oxygen atoms in total. The van der Waals surface area contributed by atoms with Crippen LogP contribution in [-0.4, -0.2) is 16.4 Å². The van der Waals surface area contributed by atoms with Gasteiger partial charge in [-0.2, -0.15) is 0 Å². The monoisotopic (exact) mass is 179 g/mol. The summed E-state index contributed by atoms with van der Waals surface area (Å²) in [5.41, 5.74) is 4.95. The fourth-order valence-electron chi connectivity index (χ4n) is 1.01. The van der Waals surface area contributed by atoms with E-state index < -0.39 is 5.54 Å². The minimum atomic E-state index is -0.946. The van der Waals surface area contributed by atoms with Crippen LogP contribution in [0, 0.1) is 0 Å². The molecule has 13 heavy (non-hydrogen) atoms. The van der Waals surface area contributed by atoms with E-state index in [1.54, 1.807) is 32.0 Å². The van der Waals surface area contributed by atoms with E-state index in [-0.39, 0.29) is 17.1 Å². The van der Waals surface area contributed by atoms with Gasteiger partial charge in [-0.3, -0.25) is 4.79 Å². The molecule has 0 saturated heterocycles. The third kappa shape index (κ3) is 2.06. The molecule has 1 aromatic rings. The minimum Gasteiger partial charge on any atom is -0.507 e. The first-order valence-corrected chi connectivity index (χ1v) is 4.04. The van der Waals surface area contributed by atoms with Gasteiger partial charge >= 0.3 is 0 Å². The lowest BCUT2D eigenvalue weighted by Crippen LogP contribution is -2.41. The Balaban J connectivity index is 3.10. The molecule has 0 heterocycles. The molecule has 0 aliphatic heterocycles. The molecule has 0 aliphatic carbocycles. The summed E-state index contributed by atoms with van der Waals surface area (Å²) in [6, 6.07) is 6.39. The predicted octanol–water partition coefficient (Wildman–Crippen LogP) is 1.31. The van der Waals surface area contributed by atoms with E-state index in [0.717, 1.165) is 0 Å². The number of carbonyl (C=O) groups excluding carboxylic acids is 1. The summed E-state index contributed by atoms with van der Waals surface area (Å²) in [5.74, 6) is -0.281. The highest BCUT2D eigenvalue weighted by Crippen LogP contribution is 2.20. The second kappa shape index (κ2) is 3.18. The first-order valence-electron chi connectivity index (χ1n) is 4.04. The Kier molecular flexibility index (Phi) is 2.38. The van der Waals surface area contributed by atoms with Crippen molar-refractivity contribution >= 4 is 5.78 Å². The molecule has 0 fully saturated rings. The topological polar surface area (TPSA) is 63.3 Å². The molecule has 3 heteroatoms. The maximum Gasteiger partial charge on any atom is 0.185 e. The molecule has 1 aromatic carbocycles. The van der Waals surface area contributed by atoms with Crippen LogP contribution in [0.1, 0.15) is 24.2 Å². The van der Waals surface area contributed by atoms with Crippen molar-refractivity contribution in [2.24, 2.45) is 5.73 Å². The van der Waals surface area contributed by atoms with Crippen LogP contribution in [0.25, 0.3) is 0 Å². The van der Waals surface area contributed by atoms with Gasteiger partial charge in [-0.05, 0) is 26.0 Å². The van der Waals surface area contributed by atoms with Crippen LogP contribution in [0.4, 0.5) is 0 Å². The second-order valence-corrected chi connectivity index (χ2v) is 3.57. The Bertz CT molecular complexity index is 326. The summed E-state index contributed by atoms with van der Waals surface area (Å²) in [6.45, 7) is 3.23. The van der Waals surface area contributed by atoms with Gasteiger partial charge in [-0.15, -0.1) is 0 Å². The summed E-state index contributed by atoms with van der Waals surface area (Å²) >= 11 is 0. The zero-order chi connectivity index (χ0) is 10.1. The number of phenolic OH excluding ortho intramolecular Hbond substituents is 1. The van der Waals surface area contributed by atoms with Crippen molar-refractivity contribution < 1.29 is 9.90 Å². The van der Waals surface area contributed by atoms with Gasteiger partial charge in [-0.25, -0.2) is 0 Å². The molecule has 0 saturated carbocycles. The number of nitrogens with two attached hydrogens (primary N) is 1.